The van der Waals surface area contributed by atoms with E-state index in [0.29, 0.717) is 6.04 Å². The lowest BCUT2D eigenvalue weighted by molar-refractivity contribution is 0.349. The Balaban J connectivity index is 1.69. The average molecular weight is 277 g/mol. The maximum Gasteiger partial charge on any atom is 0.00719 e. The first-order valence-corrected chi connectivity index (χ1v) is 8.65. The highest BCUT2D eigenvalue weighted by molar-refractivity contribution is 7.99. The summed E-state index contributed by atoms with van der Waals surface area (Å²) in [5, 5.41) is 3.62. The van der Waals surface area contributed by atoms with Crippen molar-refractivity contribution >= 4 is 11.8 Å². The van der Waals surface area contributed by atoms with Gasteiger partial charge in [0.15, 0.2) is 0 Å². The number of rotatable bonds is 7. The third kappa shape index (κ3) is 5.19. The molecule has 0 amide bonds. The number of nitrogens with one attached hydrogen (secondary N) is 1. The Hall–Kier alpha value is -0.470. The average Bonchev–Trinajstić information content (AvgIpc) is 2.85. The maximum atomic E-state index is 3.62. The minimum Gasteiger partial charge on any atom is -0.314 e. The Morgan fingerprint density at radius 1 is 1.16 bits per heavy atom. The van der Waals surface area contributed by atoms with Crippen LogP contribution < -0.4 is 5.32 Å². The van der Waals surface area contributed by atoms with Crippen molar-refractivity contribution in [3.63, 3.8) is 0 Å². The second-order valence-electron chi connectivity index (χ2n) is 5.96. The predicted octanol–water partition coefficient (Wildman–Crippen LogP) is 4.58. The summed E-state index contributed by atoms with van der Waals surface area (Å²) in [5.74, 6) is 3.13. The molecule has 1 saturated carbocycles. The van der Waals surface area contributed by atoms with E-state index in [0.717, 1.165) is 11.8 Å². The summed E-state index contributed by atoms with van der Waals surface area (Å²) in [6, 6.07) is 11.4. The first-order chi connectivity index (χ1) is 9.25. The van der Waals surface area contributed by atoms with Crippen LogP contribution in [0.25, 0.3) is 0 Å². The molecule has 0 saturated heterocycles. The quantitative estimate of drug-likeness (QED) is 0.732. The largest absolute Gasteiger partial charge is 0.314 e. The van der Waals surface area contributed by atoms with Crippen LogP contribution in [0.4, 0.5) is 0 Å². The van der Waals surface area contributed by atoms with Crippen LogP contribution in [0.1, 0.15) is 39.5 Å². The highest BCUT2D eigenvalue weighted by Gasteiger charge is 2.26. The minimum absolute atomic E-state index is 0.625. The van der Waals surface area contributed by atoms with Crippen molar-refractivity contribution in [3.05, 3.63) is 30.3 Å². The smallest absolute Gasteiger partial charge is 0.00719 e. The first kappa shape index (κ1) is 14.9. The first-order valence-electron chi connectivity index (χ1n) is 7.67. The van der Waals surface area contributed by atoms with Crippen molar-refractivity contribution in [2.45, 2.75) is 50.5 Å². The van der Waals surface area contributed by atoms with Crippen LogP contribution in [-0.2, 0) is 0 Å². The second-order valence-corrected chi connectivity index (χ2v) is 7.13. The summed E-state index contributed by atoms with van der Waals surface area (Å²) in [6.45, 7) is 5.71. The van der Waals surface area contributed by atoms with Crippen molar-refractivity contribution in [2.24, 2.45) is 11.8 Å². The molecule has 1 fully saturated rings. The van der Waals surface area contributed by atoms with Gasteiger partial charge in [-0.05, 0) is 49.1 Å². The fourth-order valence-electron chi connectivity index (χ4n) is 2.99. The molecule has 0 heterocycles. The van der Waals surface area contributed by atoms with E-state index in [-0.39, 0.29) is 0 Å². The van der Waals surface area contributed by atoms with Gasteiger partial charge in [-0.25, -0.2) is 0 Å². The summed E-state index contributed by atoms with van der Waals surface area (Å²) in [5.41, 5.74) is 0. The Kier molecular flexibility index (Phi) is 6.25. The Morgan fingerprint density at radius 2 is 1.89 bits per heavy atom. The van der Waals surface area contributed by atoms with Crippen LogP contribution in [0.15, 0.2) is 35.2 Å². The third-order valence-electron chi connectivity index (χ3n) is 4.11. The summed E-state index contributed by atoms with van der Waals surface area (Å²) < 4.78 is 0. The molecule has 1 aliphatic carbocycles. The molecule has 106 valence electrons. The zero-order chi connectivity index (χ0) is 13.5. The summed E-state index contributed by atoms with van der Waals surface area (Å²) in [4.78, 5) is 1.41. The molecule has 2 atom stereocenters. The van der Waals surface area contributed by atoms with Crippen molar-refractivity contribution in [1.29, 1.82) is 0 Å². The zero-order valence-electron chi connectivity index (χ0n) is 12.3. The second kappa shape index (κ2) is 7.96. The fraction of sp³-hybridized carbons (Fsp3) is 0.647. The van der Waals surface area contributed by atoms with E-state index in [1.54, 1.807) is 0 Å². The number of hydrogen-bond acceptors (Lipinski definition) is 2. The van der Waals surface area contributed by atoms with Crippen molar-refractivity contribution in [2.75, 3.05) is 12.3 Å². The van der Waals surface area contributed by atoms with E-state index in [2.05, 4.69) is 49.5 Å². The van der Waals surface area contributed by atoms with Crippen LogP contribution in [0, 0.1) is 11.8 Å². The van der Waals surface area contributed by atoms with E-state index in [4.69, 9.17) is 0 Å². The van der Waals surface area contributed by atoms with Gasteiger partial charge in [0.1, 0.15) is 0 Å². The fourth-order valence-corrected chi connectivity index (χ4v) is 4.00. The summed E-state index contributed by atoms with van der Waals surface area (Å²) in [6.07, 6.45) is 5.69. The Bertz CT molecular complexity index is 350. The topological polar surface area (TPSA) is 12.0 Å². The van der Waals surface area contributed by atoms with Gasteiger partial charge >= 0.3 is 0 Å². The van der Waals surface area contributed by atoms with E-state index in [1.807, 2.05) is 11.8 Å². The van der Waals surface area contributed by atoms with Crippen LogP contribution in [0.2, 0.25) is 0 Å². The van der Waals surface area contributed by atoms with Gasteiger partial charge in [-0.15, -0.1) is 11.8 Å². The maximum absolute atomic E-state index is 3.62. The standard InChI is InChI=1S/C17H27NS/c1-14(2)18-13-16-8-6-7-15(16)11-12-19-17-9-4-3-5-10-17/h3-5,9-10,14-16,18H,6-8,11-13H2,1-2H3. The molecule has 2 unspecified atom stereocenters. The highest BCUT2D eigenvalue weighted by atomic mass is 32.2. The lowest BCUT2D eigenvalue weighted by Gasteiger charge is -2.21. The molecule has 1 nitrogen and oxygen atoms in total. The van der Waals surface area contributed by atoms with Crippen LogP contribution in [0.5, 0.6) is 0 Å². The molecule has 0 bridgehead atoms. The van der Waals surface area contributed by atoms with E-state index in [1.165, 1.54) is 42.9 Å². The molecular formula is C17H27NS. The van der Waals surface area contributed by atoms with Gasteiger partial charge in [-0.1, -0.05) is 44.9 Å². The van der Waals surface area contributed by atoms with Crippen LogP contribution in [0.3, 0.4) is 0 Å². The summed E-state index contributed by atoms with van der Waals surface area (Å²) in [7, 11) is 0. The molecule has 2 rings (SSSR count). The highest BCUT2D eigenvalue weighted by Crippen LogP contribution is 2.35. The van der Waals surface area contributed by atoms with Gasteiger partial charge in [0.25, 0.3) is 0 Å². The molecule has 19 heavy (non-hydrogen) atoms. The molecule has 0 aliphatic heterocycles. The molecule has 1 N–H and O–H groups in total. The van der Waals surface area contributed by atoms with Crippen LogP contribution >= 0.6 is 11.8 Å². The van der Waals surface area contributed by atoms with Crippen LogP contribution in [-0.4, -0.2) is 18.3 Å². The Morgan fingerprint density at radius 3 is 2.63 bits per heavy atom. The predicted molar refractivity (Wildman–Crippen MR) is 85.8 cm³/mol. The minimum atomic E-state index is 0.625. The van der Waals surface area contributed by atoms with Gasteiger partial charge in [0, 0.05) is 10.9 Å². The molecule has 1 aliphatic rings. The Labute approximate surface area is 122 Å². The van der Waals surface area contributed by atoms with Gasteiger partial charge < -0.3 is 5.32 Å². The van der Waals surface area contributed by atoms with E-state index < -0.39 is 0 Å². The number of benzene rings is 1. The van der Waals surface area contributed by atoms with Gasteiger partial charge in [0.2, 0.25) is 0 Å². The molecule has 0 radical (unpaired) electrons. The van der Waals surface area contributed by atoms with Crippen molar-refractivity contribution in [1.82, 2.24) is 5.32 Å². The normalized spacial score (nSPS) is 23.1. The number of thioether (sulfide) groups is 1. The molecule has 1 aromatic carbocycles. The molecular weight excluding hydrogens is 250 g/mol. The lowest BCUT2D eigenvalue weighted by atomic mass is 9.93. The zero-order valence-corrected chi connectivity index (χ0v) is 13.1. The van der Waals surface area contributed by atoms with Gasteiger partial charge in [-0.2, -0.15) is 0 Å². The molecule has 1 aromatic rings. The third-order valence-corrected chi connectivity index (χ3v) is 5.15. The molecule has 2 heteroatoms. The van der Waals surface area contributed by atoms with Crippen molar-refractivity contribution < 1.29 is 0 Å². The SMILES string of the molecule is CC(C)NCC1CCCC1CCSc1ccccc1. The van der Waals surface area contributed by atoms with E-state index >= 15 is 0 Å². The molecule has 0 spiro atoms. The van der Waals surface area contributed by atoms with E-state index in [9.17, 15) is 0 Å². The summed E-state index contributed by atoms with van der Waals surface area (Å²) >= 11 is 2.01. The monoisotopic (exact) mass is 277 g/mol. The number of hydrogen-bond donors (Lipinski definition) is 1. The van der Waals surface area contributed by atoms with Gasteiger partial charge in [-0.3, -0.25) is 0 Å². The van der Waals surface area contributed by atoms with Gasteiger partial charge in [0.05, 0.1) is 0 Å². The molecule has 0 aromatic heterocycles. The lowest BCUT2D eigenvalue weighted by Crippen LogP contribution is -2.30. The van der Waals surface area contributed by atoms with Crippen molar-refractivity contribution in [3.8, 4) is 0 Å².